The zero-order valence-corrected chi connectivity index (χ0v) is 12.0. The van der Waals surface area contributed by atoms with Crippen LogP contribution in [0.3, 0.4) is 0 Å². The molecule has 0 aromatic rings. The van der Waals surface area contributed by atoms with Crippen molar-refractivity contribution in [1.29, 1.82) is 0 Å². The molecule has 1 saturated heterocycles. The number of hydrogen-bond donors (Lipinski definition) is 1. The Morgan fingerprint density at radius 1 is 1.06 bits per heavy atom. The summed E-state index contributed by atoms with van der Waals surface area (Å²) in [6.07, 6.45) is 11.2. The van der Waals surface area contributed by atoms with Crippen LogP contribution in [-0.4, -0.2) is 37.1 Å². The summed E-state index contributed by atoms with van der Waals surface area (Å²) in [4.78, 5) is 2.62. The standard InChI is InChI=1S/C15H32N2/c1-3-5-6-7-8-9-12-16-14-15-11-10-13-17(15)4-2/h15-16H,3-14H2,1-2H3. The topological polar surface area (TPSA) is 15.3 Å². The van der Waals surface area contributed by atoms with Crippen molar-refractivity contribution < 1.29 is 0 Å². The molecule has 0 spiro atoms. The highest BCUT2D eigenvalue weighted by molar-refractivity contribution is 4.79. The van der Waals surface area contributed by atoms with Crippen LogP contribution in [0.1, 0.15) is 65.2 Å². The fourth-order valence-corrected chi connectivity index (χ4v) is 2.84. The summed E-state index contributed by atoms with van der Waals surface area (Å²) >= 11 is 0. The number of hydrogen-bond acceptors (Lipinski definition) is 2. The predicted octanol–water partition coefficient (Wildman–Crippen LogP) is 3.42. The predicted molar refractivity (Wildman–Crippen MR) is 76.5 cm³/mol. The smallest absolute Gasteiger partial charge is 0.0220 e. The molecule has 1 unspecified atom stereocenters. The second kappa shape index (κ2) is 9.90. The normalized spacial score (nSPS) is 21.2. The molecule has 0 aliphatic carbocycles. The third-order valence-corrected chi connectivity index (χ3v) is 3.99. The average Bonchev–Trinajstić information content (AvgIpc) is 2.80. The number of nitrogens with one attached hydrogen (secondary N) is 1. The van der Waals surface area contributed by atoms with E-state index < -0.39 is 0 Å². The van der Waals surface area contributed by atoms with E-state index in [4.69, 9.17) is 0 Å². The van der Waals surface area contributed by atoms with Crippen LogP contribution in [0, 0.1) is 0 Å². The summed E-state index contributed by atoms with van der Waals surface area (Å²) in [6, 6.07) is 0.820. The molecule has 0 bridgehead atoms. The first-order valence-corrected chi connectivity index (χ1v) is 7.83. The van der Waals surface area contributed by atoms with E-state index in [1.54, 1.807) is 0 Å². The Balaban J connectivity index is 1.87. The van der Waals surface area contributed by atoms with Gasteiger partial charge in [0.15, 0.2) is 0 Å². The molecule has 0 saturated carbocycles. The molecule has 1 rings (SSSR count). The molecule has 0 radical (unpaired) electrons. The van der Waals surface area contributed by atoms with Gasteiger partial charge in [0, 0.05) is 12.6 Å². The summed E-state index contributed by atoms with van der Waals surface area (Å²) < 4.78 is 0. The van der Waals surface area contributed by atoms with Crippen LogP contribution >= 0.6 is 0 Å². The average molecular weight is 240 g/mol. The van der Waals surface area contributed by atoms with Gasteiger partial charge in [-0.1, -0.05) is 46.0 Å². The Hall–Kier alpha value is -0.0800. The molecular weight excluding hydrogens is 208 g/mol. The van der Waals surface area contributed by atoms with E-state index in [-0.39, 0.29) is 0 Å². The van der Waals surface area contributed by atoms with Gasteiger partial charge >= 0.3 is 0 Å². The number of likely N-dealkylation sites (tertiary alicyclic amines) is 1. The minimum absolute atomic E-state index is 0.820. The zero-order chi connectivity index (χ0) is 12.3. The minimum Gasteiger partial charge on any atom is -0.315 e. The Labute approximate surface area is 108 Å². The van der Waals surface area contributed by atoms with Crippen molar-refractivity contribution in [2.75, 3.05) is 26.2 Å². The van der Waals surface area contributed by atoms with Crippen molar-refractivity contribution in [3.63, 3.8) is 0 Å². The van der Waals surface area contributed by atoms with Gasteiger partial charge in [0.2, 0.25) is 0 Å². The van der Waals surface area contributed by atoms with Crippen molar-refractivity contribution in [2.45, 2.75) is 71.3 Å². The molecule has 1 aliphatic heterocycles. The lowest BCUT2D eigenvalue weighted by molar-refractivity contribution is 0.260. The lowest BCUT2D eigenvalue weighted by Gasteiger charge is -2.22. The van der Waals surface area contributed by atoms with Crippen molar-refractivity contribution in [2.24, 2.45) is 0 Å². The minimum atomic E-state index is 0.820. The molecule has 0 aromatic carbocycles. The van der Waals surface area contributed by atoms with Crippen molar-refractivity contribution in [3.8, 4) is 0 Å². The maximum Gasteiger partial charge on any atom is 0.0220 e. The molecule has 1 heterocycles. The van der Waals surface area contributed by atoms with Crippen LogP contribution in [0.25, 0.3) is 0 Å². The van der Waals surface area contributed by atoms with Crippen LogP contribution in [0.5, 0.6) is 0 Å². The Bertz CT molecular complexity index is 170. The fraction of sp³-hybridized carbons (Fsp3) is 1.00. The zero-order valence-electron chi connectivity index (χ0n) is 12.0. The highest BCUT2D eigenvalue weighted by atomic mass is 15.2. The Kier molecular flexibility index (Phi) is 8.72. The van der Waals surface area contributed by atoms with Crippen LogP contribution in [0.15, 0.2) is 0 Å². The van der Waals surface area contributed by atoms with Crippen LogP contribution in [-0.2, 0) is 0 Å². The summed E-state index contributed by atoms with van der Waals surface area (Å²) in [5, 5.41) is 3.64. The second-order valence-corrected chi connectivity index (χ2v) is 5.40. The number of rotatable bonds is 10. The molecule has 1 N–H and O–H groups in total. The van der Waals surface area contributed by atoms with Gasteiger partial charge in [-0.05, 0) is 38.9 Å². The Morgan fingerprint density at radius 3 is 2.59 bits per heavy atom. The molecule has 2 heteroatoms. The number of nitrogens with zero attached hydrogens (tertiary/aromatic N) is 1. The summed E-state index contributed by atoms with van der Waals surface area (Å²) in [5.74, 6) is 0. The van der Waals surface area contributed by atoms with E-state index in [0.717, 1.165) is 6.04 Å². The molecule has 2 nitrogen and oxygen atoms in total. The molecule has 1 atom stereocenters. The molecule has 0 amide bonds. The van der Waals surface area contributed by atoms with E-state index in [2.05, 4.69) is 24.1 Å². The maximum atomic E-state index is 3.64. The van der Waals surface area contributed by atoms with Gasteiger partial charge < -0.3 is 5.32 Å². The lowest BCUT2D eigenvalue weighted by atomic mass is 10.1. The van der Waals surface area contributed by atoms with Gasteiger partial charge in [0.1, 0.15) is 0 Å². The quantitative estimate of drug-likeness (QED) is 0.589. The van der Waals surface area contributed by atoms with Gasteiger partial charge in [-0.3, -0.25) is 4.90 Å². The van der Waals surface area contributed by atoms with Crippen LogP contribution in [0.2, 0.25) is 0 Å². The third kappa shape index (κ3) is 6.42. The first-order valence-electron chi connectivity index (χ1n) is 7.83. The highest BCUT2D eigenvalue weighted by Gasteiger charge is 2.21. The molecule has 0 aromatic heterocycles. The summed E-state index contributed by atoms with van der Waals surface area (Å²) in [5.41, 5.74) is 0. The third-order valence-electron chi connectivity index (χ3n) is 3.99. The van der Waals surface area contributed by atoms with Gasteiger partial charge in [0.25, 0.3) is 0 Å². The van der Waals surface area contributed by atoms with Gasteiger partial charge in [-0.2, -0.15) is 0 Å². The molecular formula is C15H32N2. The van der Waals surface area contributed by atoms with E-state index in [1.165, 1.54) is 77.5 Å². The van der Waals surface area contributed by atoms with E-state index in [0.29, 0.717) is 0 Å². The molecule has 1 fully saturated rings. The SMILES string of the molecule is CCCCCCCCNCC1CCCN1CC. The van der Waals surface area contributed by atoms with Crippen LogP contribution < -0.4 is 5.32 Å². The number of unbranched alkanes of at least 4 members (excludes halogenated alkanes) is 5. The summed E-state index contributed by atoms with van der Waals surface area (Å²) in [7, 11) is 0. The Morgan fingerprint density at radius 2 is 1.82 bits per heavy atom. The molecule has 17 heavy (non-hydrogen) atoms. The first kappa shape index (κ1) is 15.0. The van der Waals surface area contributed by atoms with Gasteiger partial charge in [-0.15, -0.1) is 0 Å². The van der Waals surface area contributed by atoms with Crippen molar-refractivity contribution >= 4 is 0 Å². The van der Waals surface area contributed by atoms with E-state index in [1.807, 2.05) is 0 Å². The van der Waals surface area contributed by atoms with Crippen molar-refractivity contribution in [1.82, 2.24) is 10.2 Å². The highest BCUT2D eigenvalue weighted by Crippen LogP contribution is 2.15. The van der Waals surface area contributed by atoms with Gasteiger partial charge in [-0.25, -0.2) is 0 Å². The van der Waals surface area contributed by atoms with E-state index >= 15 is 0 Å². The van der Waals surface area contributed by atoms with Crippen molar-refractivity contribution in [3.05, 3.63) is 0 Å². The maximum absolute atomic E-state index is 3.64. The van der Waals surface area contributed by atoms with E-state index in [9.17, 15) is 0 Å². The van der Waals surface area contributed by atoms with Gasteiger partial charge in [0.05, 0.1) is 0 Å². The lowest BCUT2D eigenvalue weighted by Crippen LogP contribution is -2.38. The largest absolute Gasteiger partial charge is 0.315 e. The number of likely N-dealkylation sites (N-methyl/N-ethyl adjacent to an activating group) is 1. The van der Waals surface area contributed by atoms with Crippen LogP contribution in [0.4, 0.5) is 0 Å². The molecule has 1 aliphatic rings. The monoisotopic (exact) mass is 240 g/mol. The fourth-order valence-electron chi connectivity index (χ4n) is 2.84. The first-order chi connectivity index (χ1) is 8.38. The molecule has 102 valence electrons. The second-order valence-electron chi connectivity index (χ2n) is 5.40. The summed E-state index contributed by atoms with van der Waals surface area (Å²) in [6.45, 7) is 9.54.